The summed E-state index contributed by atoms with van der Waals surface area (Å²) in [6.07, 6.45) is 0. The summed E-state index contributed by atoms with van der Waals surface area (Å²) in [4.78, 5) is 2.57. The molecule has 0 saturated carbocycles. The van der Waals surface area contributed by atoms with Gasteiger partial charge in [0.15, 0.2) is 0 Å². The van der Waals surface area contributed by atoms with E-state index in [0.29, 0.717) is 0 Å². The van der Waals surface area contributed by atoms with Gasteiger partial charge < -0.3 is 10.0 Å². The van der Waals surface area contributed by atoms with Crippen LogP contribution in [0.25, 0.3) is 0 Å². The van der Waals surface area contributed by atoms with Gasteiger partial charge in [-0.3, -0.25) is 0 Å². The average molecular weight is 181 g/mol. The van der Waals surface area contributed by atoms with E-state index in [1.807, 2.05) is 25.1 Å². The fourth-order valence-electron chi connectivity index (χ4n) is 0.897. The van der Waals surface area contributed by atoms with Crippen LogP contribution < -0.4 is 0 Å². The van der Waals surface area contributed by atoms with E-state index in [1.165, 1.54) is 0 Å². The molecule has 2 nitrogen and oxygen atoms in total. The highest BCUT2D eigenvalue weighted by Crippen LogP contribution is 2.12. The minimum absolute atomic E-state index is 0.247. The summed E-state index contributed by atoms with van der Waals surface area (Å²) in [6, 6.07) is 6.94. The van der Waals surface area contributed by atoms with E-state index in [0.717, 1.165) is 10.6 Å². The van der Waals surface area contributed by atoms with Gasteiger partial charge in [-0.25, -0.2) is 0 Å². The van der Waals surface area contributed by atoms with Gasteiger partial charge in [0.1, 0.15) is 10.7 Å². The molecular formula is C9H11NOS. The Kier molecular flexibility index (Phi) is 2.65. The van der Waals surface area contributed by atoms with E-state index >= 15 is 0 Å². The van der Waals surface area contributed by atoms with Crippen molar-refractivity contribution in [3.8, 4) is 5.75 Å². The molecule has 0 aliphatic heterocycles. The number of phenols is 1. The van der Waals surface area contributed by atoms with Crippen LogP contribution in [-0.2, 0) is 0 Å². The second kappa shape index (κ2) is 3.54. The molecule has 0 radical (unpaired) electrons. The largest absolute Gasteiger partial charge is 0.508 e. The summed E-state index contributed by atoms with van der Waals surface area (Å²) in [5.41, 5.74) is 0.870. The third-order valence-electron chi connectivity index (χ3n) is 1.50. The third kappa shape index (κ3) is 1.95. The normalized spacial score (nSPS) is 9.50. The zero-order valence-corrected chi connectivity index (χ0v) is 7.93. The van der Waals surface area contributed by atoms with E-state index in [1.54, 1.807) is 18.2 Å². The molecule has 1 aromatic carbocycles. The average Bonchev–Trinajstić information content (AvgIpc) is 2.03. The van der Waals surface area contributed by atoms with Crippen molar-refractivity contribution in [2.24, 2.45) is 0 Å². The van der Waals surface area contributed by atoms with Crippen molar-refractivity contribution in [2.45, 2.75) is 0 Å². The predicted molar refractivity (Wildman–Crippen MR) is 53.5 cm³/mol. The molecule has 12 heavy (non-hydrogen) atoms. The number of phenolic OH excluding ortho intramolecular Hbond substituents is 1. The second-order valence-corrected chi connectivity index (χ2v) is 3.14. The monoisotopic (exact) mass is 181 g/mol. The van der Waals surface area contributed by atoms with Crippen molar-refractivity contribution in [1.82, 2.24) is 4.90 Å². The molecule has 0 fully saturated rings. The Hall–Kier alpha value is -1.09. The van der Waals surface area contributed by atoms with Crippen LogP contribution in [0.5, 0.6) is 5.75 Å². The molecule has 0 saturated heterocycles. The first-order valence-electron chi connectivity index (χ1n) is 3.62. The Bertz CT molecular complexity index is 296. The van der Waals surface area contributed by atoms with Crippen LogP contribution in [0.4, 0.5) is 0 Å². The Morgan fingerprint density at radius 2 is 2.08 bits per heavy atom. The summed E-state index contributed by atoms with van der Waals surface area (Å²) in [6.45, 7) is 0. The highest BCUT2D eigenvalue weighted by Gasteiger charge is 2.02. The van der Waals surface area contributed by atoms with E-state index in [-0.39, 0.29) is 5.75 Å². The van der Waals surface area contributed by atoms with Crippen molar-refractivity contribution in [1.29, 1.82) is 0 Å². The topological polar surface area (TPSA) is 23.5 Å². The number of benzene rings is 1. The van der Waals surface area contributed by atoms with Crippen molar-refractivity contribution in [3.63, 3.8) is 0 Å². The molecule has 0 aliphatic carbocycles. The second-order valence-electron chi connectivity index (χ2n) is 2.75. The molecule has 0 bridgehead atoms. The van der Waals surface area contributed by atoms with Gasteiger partial charge in [0.05, 0.1) is 0 Å². The van der Waals surface area contributed by atoms with E-state index < -0.39 is 0 Å². The zero-order chi connectivity index (χ0) is 9.14. The lowest BCUT2D eigenvalue weighted by atomic mass is 10.2. The molecule has 1 rings (SSSR count). The van der Waals surface area contributed by atoms with Gasteiger partial charge in [0.25, 0.3) is 0 Å². The smallest absolute Gasteiger partial charge is 0.116 e. The lowest BCUT2D eigenvalue weighted by Crippen LogP contribution is -2.20. The number of rotatable bonds is 1. The van der Waals surface area contributed by atoms with Gasteiger partial charge in [0.2, 0.25) is 0 Å². The predicted octanol–water partition coefficient (Wildman–Crippen LogP) is 1.63. The maximum absolute atomic E-state index is 9.17. The highest BCUT2D eigenvalue weighted by molar-refractivity contribution is 7.80. The molecule has 0 aromatic heterocycles. The first kappa shape index (κ1) is 9.00. The van der Waals surface area contributed by atoms with E-state index in [2.05, 4.69) is 0 Å². The molecule has 0 heterocycles. The van der Waals surface area contributed by atoms with Crippen LogP contribution in [0.15, 0.2) is 24.3 Å². The van der Waals surface area contributed by atoms with Gasteiger partial charge in [-0.1, -0.05) is 24.4 Å². The maximum atomic E-state index is 9.17. The highest BCUT2D eigenvalue weighted by atomic mass is 32.1. The Morgan fingerprint density at radius 3 is 2.58 bits per heavy atom. The van der Waals surface area contributed by atoms with Crippen LogP contribution in [0.1, 0.15) is 5.56 Å². The molecule has 1 N–H and O–H groups in total. The lowest BCUT2D eigenvalue weighted by Gasteiger charge is -2.13. The quantitative estimate of drug-likeness (QED) is 0.666. The van der Waals surface area contributed by atoms with E-state index in [4.69, 9.17) is 17.3 Å². The Balaban J connectivity index is 2.96. The minimum atomic E-state index is 0.247. The van der Waals surface area contributed by atoms with Crippen LogP contribution >= 0.6 is 12.2 Å². The van der Waals surface area contributed by atoms with Crippen molar-refractivity contribution < 1.29 is 5.11 Å². The maximum Gasteiger partial charge on any atom is 0.116 e. The Morgan fingerprint density at radius 1 is 1.42 bits per heavy atom. The van der Waals surface area contributed by atoms with Gasteiger partial charge in [-0.05, 0) is 12.1 Å². The molecule has 0 amide bonds. The number of thiocarbonyl (C=S) groups is 1. The van der Waals surface area contributed by atoms with Crippen molar-refractivity contribution in [3.05, 3.63) is 29.8 Å². The number of nitrogens with zero attached hydrogens (tertiary/aromatic N) is 1. The molecule has 3 heteroatoms. The number of hydrogen-bond donors (Lipinski definition) is 1. The lowest BCUT2D eigenvalue weighted by molar-refractivity contribution is 0.475. The molecule has 64 valence electrons. The minimum Gasteiger partial charge on any atom is -0.508 e. The Labute approximate surface area is 77.4 Å². The molecular weight excluding hydrogens is 170 g/mol. The standard InChI is InChI=1S/C9H11NOS/c1-10(2)9(12)7-4-3-5-8(11)6-7/h3-6,11H,1-2H3. The van der Waals surface area contributed by atoms with Gasteiger partial charge >= 0.3 is 0 Å². The van der Waals surface area contributed by atoms with Crippen LogP contribution in [-0.4, -0.2) is 29.1 Å². The zero-order valence-electron chi connectivity index (χ0n) is 7.11. The summed E-state index contributed by atoms with van der Waals surface area (Å²) in [5.74, 6) is 0.247. The molecule has 0 atom stereocenters. The SMILES string of the molecule is CN(C)C(=S)c1cccc(O)c1. The summed E-state index contributed by atoms with van der Waals surface area (Å²) in [5, 5.41) is 9.17. The van der Waals surface area contributed by atoms with Crippen molar-refractivity contribution in [2.75, 3.05) is 14.1 Å². The fraction of sp³-hybridized carbons (Fsp3) is 0.222. The molecule has 0 unspecified atom stereocenters. The first-order chi connectivity index (χ1) is 5.61. The van der Waals surface area contributed by atoms with Gasteiger partial charge in [0, 0.05) is 19.7 Å². The van der Waals surface area contributed by atoms with Crippen LogP contribution in [0.3, 0.4) is 0 Å². The van der Waals surface area contributed by atoms with E-state index in [9.17, 15) is 0 Å². The fourth-order valence-corrected chi connectivity index (χ4v) is 1.02. The third-order valence-corrected chi connectivity index (χ3v) is 2.10. The van der Waals surface area contributed by atoms with Gasteiger partial charge in [-0.15, -0.1) is 0 Å². The molecule has 0 aliphatic rings. The van der Waals surface area contributed by atoms with Crippen LogP contribution in [0.2, 0.25) is 0 Å². The summed E-state index contributed by atoms with van der Waals surface area (Å²) < 4.78 is 0. The number of hydrogen-bond acceptors (Lipinski definition) is 2. The molecule has 1 aromatic rings. The van der Waals surface area contributed by atoms with Crippen molar-refractivity contribution >= 4 is 17.2 Å². The molecule has 0 spiro atoms. The van der Waals surface area contributed by atoms with Crippen LogP contribution in [0, 0.1) is 0 Å². The first-order valence-corrected chi connectivity index (χ1v) is 4.03. The summed E-state index contributed by atoms with van der Waals surface area (Å²) >= 11 is 5.12. The van der Waals surface area contributed by atoms with Gasteiger partial charge in [-0.2, -0.15) is 0 Å². The number of aromatic hydroxyl groups is 1. The summed E-state index contributed by atoms with van der Waals surface area (Å²) in [7, 11) is 3.76.